The predicted octanol–water partition coefficient (Wildman–Crippen LogP) is 2.64. The van der Waals surface area contributed by atoms with E-state index in [0.29, 0.717) is 39.0 Å². The molecule has 2 aromatic carbocycles. The Morgan fingerprint density at radius 1 is 1.03 bits per heavy atom. The van der Waals surface area contributed by atoms with E-state index < -0.39 is 0 Å². The van der Waals surface area contributed by atoms with E-state index in [1.807, 2.05) is 0 Å². The molecule has 0 saturated carbocycles. The average molecular weight is 408 g/mol. The third-order valence-electron chi connectivity index (χ3n) is 4.47. The summed E-state index contributed by atoms with van der Waals surface area (Å²) in [5.41, 5.74) is 1.30. The van der Waals surface area contributed by atoms with Crippen molar-refractivity contribution in [2.24, 2.45) is 0 Å². The Morgan fingerprint density at radius 2 is 1.69 bits per heavy atom. The van der Waals surface area contributed by atoms with Crippen LogP contribution in [0.1, 0.15) is 36.1 Å². The van der Waals surface area contributed by atoms with E-state index in [1.54, 1.807) is 55.6 Å². The van der Waals surface area contributed by atoms with Crippen LogP contribution in [0.4, 0.5) is 5.13 Å². The summed E-state index contributed by atoms with van der Waals surface area (Å²) in [5.74, 6) is -0.255. The highest BCUT2D eigenvalue weighted by molar-refractivity contribution is 7.15. The predicted molar refractivity (Wildman–Crippen MR) is 106 cm³/mol. The van der Waals surface area contributed by atoms with E-state index >= 15 is 0 Å². The van der Waals surface area contributed by atoms with Gasteiger partial charge in [-0.3, -0.25) is 24.6 Å². The van der Waals surface area contributed by atoms with E-state index in [2.05, 4.69) is 15.5 Å². The van der Waals surface area contributed by atoms with Gasteiger partial charge in [-0.1, -0.05) is 23.5 Å². The summed E-state index contributed by atoms with van der Waals surface area (Å²) in [6.07, 6.45) is 0.363. The number of rotatable bonds is 6. The Kier molecular flexibility index (Phi) is 5.05. The summed E-state index contributed by atoms with van der Waals surface area (Å²) >= 11 is 1.21. The van der Waals surface area contributed by atoms with E-state index in [1.165, 1.54) is 16.2 Å². The highest BCUT2D eigenvalue weighted by Crippen LogP contribution is 2.24. The largest absolute Gasteiger partial charge is 0.497 e. The molecule has 4 rings (SSSR count). The maximum atomic E-state index is 12.4. The van der Waals surface area contributed by atoms with Gasteiger partial charge in [0.15, 0.2) is 0 Å². The Morgan fingerprint density at radius 3 is 2.31 bits per heavy atom. The van der Waals surface area contributed by atoms with Gasteiger partial charge < -0.3 is 4.74 Å². The molecule has 0 unspecified atom stereocenters. The minimum Gasteiger partial charge on any atom is -0.497 e. The van der Waals surface area contributed by atoms with Crippen molar-refractivity contribution < 1.29 is 19.1 Å². The van der Waals surface area contributed by atoms with Crippen molar-refractivity contribution in [1.29, 1.82) is 0 Å². The number of imide groups is 1. The van der Waals surface area contributed by atoms with Gasteiger partial charge in [-0.2, -0.15) is 0 Å². The van der Waals surface area contributed by atoms with Crippen LogP contribution in [0.15, 0.2) is 48.5 Å². The standard InChI is InChI=1S/C20H16N4O4S/c1-28-13-8-6-12(7-9-13)17(25)21-20-23-22-16(29-20)10-11-24-18(26)14-4-2-3-5-15(14)19(24)27/h2-9H,10-11H2,1H3,(H,21,23,25). The fourth-order valence-electron chi connectivity index (χ4n) is 2.97. The van der Waals surface area contributed by atoms with Gasteiger partial charge in [0, 0.05) is 18.5 Å². The second-order valence-electron chi connectivity index (χ2n) is 6.24. The lowest BCUT2D eigenvalue weighted by molar-refractivity contribution is 0.0655. The summed E-state index contributed by atoms with van der Waals surface area (Å²) < 4.78 is 5.07. The minimum absolute atomic E-state index is 0.202. The van der Waals surface area contributed by atoms with Gasteiger partial charge in [0.25, 0.3) is 17.7 Å². The lowest BCUT2D eigenvalue weighted by Crippen LogP contribution is -2.31. The number of benzene rings is 2. The molecule has 1 aliphatic heterocycles. The molecule has 146 valence electrons. The Balaban J connectivity index is 1.37. The number of nitrogens with one attached hydrogen (secondary N) is 1. The highest BCUT2D eigenvalue weighted by Gasteiger charge is 2.34. The number of methoxy groups -OCH3 is 1. The van der Waals surface area contributed by atoms with Gasteiger partial charge in [0.2, 0.25) is 5.13 Å². The van der Waals surface area contributed by atoms with Gasteiger partial charge in [0.1, 0.15) is 10.8 Å². The Labute approximate surface area is 170 Å². The van der Waals surface area contributed by atoms with Crippen molar-refractivity contribution in [2.75, 3.05) is 19.0 Å². The summed E-state index contributed by atoms with van der Waals surface area (Å²) in [6, 6.07) is 13.5. The third kappa shape index (κ3) is 3.72. The number of hydrogen-bond acceptors (Lipinski definition) is 7. The maximum absolute atomic E-state index is 12.4. The summed E-state index contributed by atoms with van der Waals surface area (Å²) in [6.45, 7) is 0.202. The third-order valence-corrected chi connectivity index (χ3v) is 5.37. The van der Waals surface area contributed by atoms with E-state index in [0.717, 1.165) is 0 Å². The SMILES string of the molecule is COc1ccc(C(=O)Nc2nnc(CCN3C(=O)c4ccccc4C3=O)s2)cc1. The fourth-order valence-corrected chi connectivity index (χ4v) is 3.69. The molecule has 3 amide bonds. The van der Waals surface area contributed by atoms with Crippen LogP contribution in [-0.4, -0.2) is 46.5 Å². The number of fused-ring (bicyclic) bond motifs is 1. The van der Waals surface area contributed by atoms with Crippen LogP contribution in [-0.2, 0) is 6.42 Å². The van der Waals surface area contributed by atoms with Crippen LogP contribution in [0.25, 0.3) is 0 Å². The average Bonchev–Trinajstić information content (AvgIpc) is 3.29. The zero-order chi connectivity index (χ0) is 20.4. The quantitative estimate of drug-likeness (QED) is 0.629. The highest BCUT2D eigenvalue weighted by atomic mass is 32.1. The molecule has 1 aliphatic rings. The molecule has 0 atom stereocenters. The van der Waals surface area contributed by atoms with Crippen LogP contribution >= 0.6 is 11.3 Å². The van der Waals surface area contributed by atoms with Gasteiger partial charge >= 0.3 is 0 Å². The molecule has 0 saturated heterocycles. The van der Waals surface area contributed by atoms with Crippen molar-refractivity contribution in [3.05, 3.63) is 70.2 Å². The van der Waals surface area contributed by atoms with Crippen LogP contribution in [0.2, 0.25) is 0 Å². The molecule has 1 aromatic heterocycles. The molecule has 29 heavy (non-hydrogen) atoms. The van der Waals surface area contributed by atoms with E-state index in [9.17, 15) is 14.4 Å². The van der Waals surface area contributed by atoms with Crippen molar-refractivity contribution in [1.82, 2.24) is 15.1 Å². The Hall–Kier alpha value is -3.59. The molecule has 0 spiro atoms. The van der Waals surface area contributed by atoms with Crippen LogP contribution in [0.5, 0.6) is 5.75 Å². The zero-order valence-electron chi connectivity index (χ0n) is 15.4. The number of amides is 3. The summed E-state index contributed by atoms with van der Waals surface area (Å²) in [4.78, 5) is 38.3. The molecule has 9 heteroatoms. The summed E-state index contributed by atoms with van der Waals surface area (Å²) in [7, 11) is 1.56. The first-order chi connectivity index (χ1) is 14.1. The Bertz CT molecular complexity index is 1060. The molecule has 0 radical (unpaired) electrons. The first-order valence-corrected chi connectivity index (χ1v) is 9.61. The number of aromatic nitrogens is 2. The lowest BCUT2D eigenvalue weighted by Gasteiger charge is -2.12. The lowest BCUT2D eigenvalue weighted by atomic mass is 10.1. The number of carbonyl (C=O) groups excluding carboxylic acids is 3. The molecule has 2 heterocycles. The summed E-state index contributed by atoms with van der Waals surface area (Å²) in [5, 5.41) is 11.7. The first kappa shape index (κ1) is 18.8. The number of nitrogens with zero attached hydrogens (tertiary/aromatic N) is 3. The number of carbonyl (C=O) groups is 3. The van der Waals surface area contributed by atoms with Crippen LogP contribution in [0.3, 0.4) is 0 Å². The van der Waals surface area contributed by atoms with Crippen molar-refractivity contribution >= 4 is 34.2 Å². The molecular weight excluding hydrogens is 392 g/mol. The second-order valence-corrected chi connectivity index (χ2v) is 7.30. The smallest absolute Gasteiger partial charge is 0.261 e. The minimum atomic E-state index is -0.310. The maximum Gasteiger partial charge on any atom is 0.261 e. The van der Waals surface area contributed by atoms with Gasteiger partial charge in [-0.15, -0.1) is 10.2 Å². The number of anilines is 1. The van der Waals surface area contributed by atoms with Gasteiger partial charge in [-0.25, -0.2) is 0 Å². The fraction of sp³-hybridized carbons (Fsp3) is 0.150. The molecular formula is C20H16N4O4S. The topological polar surface area (TPSA) is 101 Å². The van der Waals surface area contributed by atoms with Crippen LogP contribution < -0.4 is 10.1 Å². The van der Waals surface area contributed by atoms with Crippen LogP contribution in [0, 0.1) is 0 Å². The first-order valence-electron chi connectivity index (χ1n) is 8.80. The molecule has 0 aliphatic carbocycles. The zero-order valence-corrected chi connectivity index (χ0v) is 16.2. The molecule has 3 aromatic rings. The molecule has 0 bridgehead atoms. The van der Waals surface area contributed by atoms with E-state index in [-0.39, 0.29) is 24.3 Å². The molecule has 1 N–H and O–H groups in total. The van der Waals surface area contributed by atoms with Crippen molar-refractivity contribution in [2.45, 2.75) is 6.42 Å². The van der Waals surface area contributed by atoms with Gasteiger partial charge in [0.05, 0.1) is 18.2 Å². The second kappa shape index (κ2) is 7.80. The van der Waals surface area contributed by atoms with Crippen molar-refractivity contribution in [3.8, 4) is 5.75 Å². The number of ether oxygens (including phenoxy) is 1. The van der Waals surface area contributed by atoms with Crippen molar-refractivity contribution in [3.63, 3.8) is 0 Å². The molecule has 0 fully saturated rings. The van der Waals surface area contributed by atoms with Gasteiger partial charge in [-0.05, 0) is 36.4 Å². The molecule has 8 nitrogen and oxygen atoms in total. The normalized spacial score (nSPS) is 12.8. The van der Waals surface area contributed by atoms with E-state index in [4.69, 9.17) is 4.74 Å². The monoisotopic (exact) mass is 408 g/mol. The number of hydrogen-bond donors (Lipinski definition) is 1.